The molecule has 3 rings (SSSR count). The first-order valence-corrected chi connectivity index (χ1v) is 8.81. The minimum Gasteiger partial charge on any atom is -0.387 e. The summed E-state index contributed by atoms with van der Waals surface area (Å²) in [4.78, 5) is 2.51. The summed E-state index contributed by atoms with van der Waals surface area (Å²) >= 11 is 0. The normalized spacial score (nSPS) is 24.6. The third-order valence-corrected chi connectivity index (χ3v) is 5.39. The molecule has 0 aromatic heterocycles. The van der Waals surface area contributed by atoms with Crippen molar-refractivity contribution in [1.82, 2.24) is 4.90 Å². The van der Waals surface area contributed by atoms with Crippen LogP contribution in [0.25, 0.3) is 0 Å². The van der Waals surface area contributed by atoms with Gasteiger partial charge in [0.2, 0.25) is 0 Å². The highest BCUT2D eigenvalue weighted by Gasteiger charge is 2.23. The number of aryl methyl sites for hydroxylation is 2. The number of fused-ring (bicyclic) bond motifs is 1. The van der Waals surface area contributed by atoms with Crippen molar-refractivity contribution in [3.8, 4) is 0 Å². The molecule has 1 N–H and O–H groups in total. The topological polar surface area (TPSA) is 23.5 Å². The molecule has 2 heteroatoms. The van der Waals surface area contributed by atoms with Crippen LogP contribution in [-0.4, -0.2) is 29.1 Å². The highest BCUT2D eigenvalue weighted by molar-refractivity contribution is 5.34. The Morgan fingerprint density at radius 1 is 1.14 bits per heavy atom. The second-order valence-corrected chi connectivity index (χ2v) is 6.80. The average Bonchev–Trinajstić information content (AvgIpc) is 2.55. The zero-order valence-corrected chi connectivity index (χ0v) is 13.4. The van der Waals surface area contributed by atoms with Gasteiger partial charge < -0.3 is 5.11 Å². The average molecular weight is 287 g/mol. The summed E-state index contributed by atoms with van der Waals surface area (Å²) in [7, 11) is 0. The van der Waals surface area contributed by atoms with Crippen molar-refractivity contribution in [1.29, 1.82) is 0 Å². The van der Waals surface area contributed by atoms with Crippen molar-refractivity contribution in [2.75, 3.05) is 13.1 Å². The molecule has 1 aromatic rings. The fourth-order valence-electron chi connectivity index (χ4n) is 4.05. The molecule has 0 saturated carbocycles. The van der Waals surface area contributed by atoms with Crippen LogP contribution >= 0.6 is 0 Å². The number of aliphatic hydroxyl groups excluding tert-OH is 1. The Morgan fingerprint density at radius 3 is 2.76 bits per heavy atom. The van der Waals surface area contributed by atoms with E-state index in [9.17, 15) is 5.11 Å². The Labute approximate surface area is 129 Å². The van der Waals surface area contributed by atoms with Crippen LogP contribution in [0.1, 0.15) is 68.2 Å². The van der Waals surface area contributed by atoms with E-state index in [0.717, 1.165) is 18.7 Å². The van der Waals surface area contributed by atoms with Crippen LogP contribution in [0.2, 0.25) is 0 Å². The smallest absolute Gasteiger partial charge is 0.0917 e. The minimum absolute atomic E-state index is 0.329. The lowest BCUT2D eigenvalue weighted by Crippen LogP contribution is -2.41. The molecule has 2 aliphatic rings. The van der Waals surface area contributed by atoms with Gasteiger partial charge in [-0.25, -0.2) is 0 Å². The fraction of sp³-hybridized carbons (Fsp3) is 0.684. The van der Waals surface area contributed by atoms with Crippen LogP contribution in [0.3, 0.4) is 0 Å². The Hall–Kier alpha value is -0.860. The van der Waals surface area contributed by atoms with Gasteiger partial charge in [-0.15, -0.1) is 0 Å². The molecular weight excluding hydrogens is 258 g/mol. The molecule has 2 unspecified atom stereocenters. The van der Waals surface area contributed by atoms with E-state index in [1.807, 2.05) is 0 Å². The van der Waals surface area contributed by atoms with E-state index in [1.165, 1.54) is 62.5 Å². The standard InChI is InChI=1S/C19H29NO/c1-2-18-9-5-6-12-20(18)14-19(21)17-11-10-15-7-3-4-8-16(15)13-17/h10-11,13,18-19,21H,2-9,12,14H2,1H3. The Kier molecular flexibility index (Phi) is 4.97. The van der Waals surface area contributed by atoms with E-state index >= 15 is 0 Å². The summed E-state index contributed by atoms with van der Waals surface area (Å²) < 4.78 is 0. The molecule has 1 aliphatic heterocycles. The van der Waals surface area contributed by atoms with Gasteiger partial charge in [0.15, 0.2) is 0 Å². The molecule has 1 aliphatic carbocycles. The molecule has 0 spiro atoms. The van der Waals surface area contributed by atoms with Crippen LogP contribution in [0.15, 0.2) is 18.2 Å². The van der Waals surface area contributed by atoms with Crippen molar-refractivity contribution in [3.05, 3.63) is 34.9 Å². The van der Waals surface area contributed by atoms with Gasteiger partial charge in [0, 0.05) is 12.6 Å². The number of nitrogens with zero attached hydrogens (tertiary/aromatic N) is 1. The fourth-order valence-corrected chi connectivity index (χ4v) is 4.05. The molecule has 0 radical (unpaired) electrons. The van der Waals surface area contributed by atoms with Crippen molar-refractivity contribution < 1.29 is 5.11 Å². The van der Waals surface area contributed by atoms with Crippen LogP contribution in [0.4, 0.5) is 0 Å². The summed E-state index contributed by atoms with van der Waals surface area (Å²) in [5, 5.41) is 10.6. The van der Waals surface area contributed by atoms with Crippen LogP contribution in [-0.2, 0) is 12.8 Å². The largest absolute Gasteiger partial charge is 0.387 e. The van der Waals surface area contributed by atoms with Gasteiger partial charge in [0.25, 0.3) is 0 Å². The number of hydrogen-bond donors (Lipinski definition) is 1. The lowest BCUT2D eigenvalue weighted by atomic mass is 9.89. The number of aliphatic hydroxyl groups is 1. The molecule has 116 valence electrons. The highest BCUT2D eigenvalue weighted by Crippen LogP contribution is 2.27. The van der Waals surface area contributed by atoms with Crippen LogP contribution in [0.5, 0.6) is 0 Å². The maximum atomic E-state index is 10.6. The zero-order chi connectivity index (χ0) is 14.7. The molecule has 0 amide bonds. The number of rotatable bonds is 4. The second-order valence-electron chi connectivity index (χ2n) is 6.80. The molecule has 1 aromatic carbocycles. The summed E-state index contributed by atoms with van der Waals surface area (Å²) in [5.74, 6) is 0. The van der Waals surface area contributed by atoms with Crippen molar-refractivity contribution in [3.63, 3.8) is 0 Å². The highest BCUT2D eigenvalue weighted by atomic mass is 16.3. The summed E-state index contributed by atoms with van der Waals surface area (Å²) in [5.41, 5.74) is 4.10. The van der Waals surface area contributed by atoms with E-state index in [1.54, 1.807) is 0 Å². The van der Waals surface area contributed by atoms with Gasteiger partial charge in [0.05, 0.1) is 6.10 Å². The van der Waals surface area contributed by atoms with E-state index in [2.05, 4.69) is 30.0 Å². The van der Waals surface area contributed by atoms with E-state index < -0.39 is 0 Å². The van der Waals surface area contributed by atoms with Crippen LogP contribution < -0.4 is 0 Å². The molecule has 1 heterocycles. The van der Waals surface area contributed by atoms with E-state index in [0.29, 0.717) is 6.04 Å². The maximum absolute atomic E-state index is 10.6. The van der Waals surface area contributed by atoms with E-state index in [-0.39, 0.29) is 6.10 Å². The third-order valence-electron chi connectivity index (χ3n) is 5.39. The summed E-state index contributed by atoms with van der Waals surface area (Å²) in [6.45, 7) is 4.23. The molecular formula is C19H29NO. The molecule has 1 fully saturated rings. The van der Waals surface area contributed by atoms with Gasteiger partial charge in [-0.1, -0.05) is 31.5 Å². The number of hydrogen-bond acceptors (Lipinski definition) is 2. The predicted molar refractivity (Wildman–Crippen MR) is 87.5 cm³/mol. The van der Waals surface area contributed by atoms with Gasteiger partial charge in [0.1, 0.15) is 0 Å². The SMILES string of the molecule is CCC1CCCCN1CC(O)c1ccc2c(c1)CCCC2. The second kappa shape index (κ2) is 6.93. The Bertz CT molecular complexity index is 471. The molecule has 1 saturated heterocycles. The number of piperidine rings is 1. The first-order valence-electron chi connectivity index (χ1n) is 8.81. The summed E-state index contributed by atoms with van der Waals surface area (Å²) in [6, 6.07) is 7.34. The van der Waals surface area contributed by atoms with Crippen molar-refractivity contribution in [2.24, 2.45) is 0 Å². The molecule has 21 heavy (non-hydrogen) atoms. The first-order chi connectivity index (χ1) is 10.3. The van der Waals surface area contributed by atoms with Gasteiger partial charge in [-0.05, 0) is 68.2 Å². The lowest BCUT2D eigenvalue weighted by molar-refractivity contribution is 0.0656. The lowest BCUT2D eigenvalue weighted by Gasteiger charge is -2.36. The van der Waals surface area contributed by atoms with Gasteiger partial charge in [-0.3, -0.25) is 4.90 Å². The third kappa shape index (κ3) is 3.49. The minimum atomic E-state index is -0.329. The molecule has 0 bridgehead atoms. The van der Waals surface area contributed by atoms with Gasteiger partial charge in [-0.2, -0.15) is 0 Å². The number of β-amino-alcohol motifs (C(OH)–C–C–N with tert-alkyl or cyclic N) is 1. The Balaban J connectivity index is 1.68. The van der Waals surface area contributed by atoms with Crippen LogP contribution in [0, 0.1) is 0 Å². The first kappa shape index (κ1) is 15.1. The Morgan fingerprint density at radius 2 is 1.95 bits per heavy atom. The summed E-state index contributed by atoms with van der Waals surface area (Å²) in [6.07, 6.45) is 9.84. The van der Waals surface area contributed by atoms with Gasteiger partial charge >= 0.3 is 0 Å². The molecule has 2 atom stereocenters. The maximum Gasteiger partial charge on any atom is 0.0917 e. The van der Waals surface area contributed by atoms with E-state index in [4.69, 9.17) is 0 Å². The quantitative estimate of drug-likeness (QED) is 0.909. The van der Waals surface area contributed by atoms with Crippen molar-refractivity contribution >= 4 is 0 Å². The zero-order valence-electron chi connectivity index (χ0n) is 13.4. The van der Waals surface area contributed by atoms with Crippen molar-refractivity contribution in [2.45, 2.75) is 70.4 Å². The predicted octanol–water partition coefficient (Wildman–Crippen LogP) is 3.86. The number of benzene rings is 1. The number of likely N-dealkylation sites (tertiary alicyclic amines) is 1. The molecule has 2 nitrogen and oxygen atoms in total. The monoisotopic (exact) mass is 287 g/mol.